The molecule has 0 saturated heterocycles. The fourth-order valence-corrected chi connectivity index (χ4v) is 3.22. The Bertz CT molecular complexity index is 891. The highest BCUT2D eigenvalue weighted by atomic mass is 32.1. The number of benzene rings is 1. The molecule has 2 aromatic heterocycles. The molecule has 0 unspecified atom stereocenters. The molecule has 0 atom stereocenters. The fraction of sp³-hybridized carbons (Fsp3) is 0.211. The van der Waals surface area contributed by atoms with Crippen molar-refractivity contribution in [1.29, 1.82) is 0 Å². The second-order valence-electron chi connectivity index (χ2n) is 5.59. The predicted octanol–water partition coefficient (Wildman–Crippen LogP) is 4.53. The highest BCUT2D eigenvalue weighted by Crippen LogP contribution is 2.33. The third-order valence-corrected chi connectivity index (χ3v) is 4.75. The van der Waals surface area contributed by atoms with Crippen LogP contribution >= 0.6 is 11.3 Å². The maximum absolute atomic E-state index is 12.2. The van der Waals surface area contributed by atoms with E-state index in [-0.39, 0.29) is 5.91 Å². The molecule has 2 heterocycles. The van der Waals surface area contributed by atoms with Gasteiger partial charge in [0.05, 0.1) is 19.9 Å². The zero-order chi connectivity index (χ0) is 17.1. The lowest BCUT2D eigenvalue weighted by Crippen LogP contribution is -2.20. The lowest BCUT2D eigenvalue weighted by Gasteiger charge is -2.09. The molecule has 1 aromatic carbocycles. The Morgan fingerprint density at radius 1 is 1.42 bits per heavy atom. The van der Waals surface area contributed by atoms with E-state index in [0.29, 0.717) is 12.3 Å². The van der Waals surface area contributed by atoms with E-state index < -0.39 is 0 Å². The van der Waals surface area contributed by atoms with Gasteiger partial charge in [0.15, 0.2) is 0 Å². The number of furan rings is 1. The van der Waals surface area contributed by atoms with Crippen LogP contribution in [0.5, 0.6) is 5.75 Å². The first-order valence-corrected chi connectivity index (χ1v) is 8.51. The second-order valence-corrected chi connectivity index (χ2v) is 6.62. The molecule has 0 radical (unpaired) electrons. The minimum absolute atomic E-state index is 0.119. The van der Waals surface area contributed by atoms with Crippen molar-refractivity contribution in [2.75, 3.05) is 7.11 Å². The normalized spacial score (nSPS) is 11.7. The largest absolute Gasteiger partial charge is 0.496 e. The molecular weight excluding hydrogens is 322 g/mol. The van der Waals surface area contributed by atoms with Crippen LogP contribution in [0.25, 0.3) is 16.5 Å². The number of fused-ring (bicyclic) bond motifs is 1. The van der Waals surface area contributed by atoms with Gasteiger partial charge in [-0.1, -0.05) is 6.07 Å². The first-order chi connectivity index (χ1) is 11.6. The Morgan fingerprint density at radius 3 is 2.96 bits per heavy atom. The number of carbonyl (C=O) groups excluding carboxylic acids is 1. The van der Waals surface area contributed by atoms with E-state index in [9.17, 15) is 4.79 Å². The third kappa shape index (κ3) is 3.36. The molecule has 0 spiro atoms. The van der Waals surface area contributed by atoms with Crippen molar-refractivity contribution in [2.45, 2.75) is 20.4 Å². The first kappa shape index (κ1) is 16.3. The monoisotopic (exact) mass is 341 g/mol. The molecule has 4 nitrogen and oxygen atoms in total. The van der Waals surface area contributed by atoms with Crippen molar-refractivity contribution >= 4 is 33.8 Å². The van der Waals surface area contributed by atoms with Gasteiger partial charge >= 0.3 is 0 Å². The molecule has 0 saturated carbocycles. The lowest BCUT2D eigenvalue weighted by molar-refractivity contribution is -0.116. The predicted molar refractivity (Wildman–Crippen MR) is 97.3 cm³/mol. The summed E-state index contributed by atoms with van der Waals surface area (Å²) >= 11 is 1.62. The minimum Gasteiger partial charge on any atom is -0.496 e. The summed E-state index contributed by atoms with van der Waals surface area (Å²) in [7, 11) is 1.62. The average molecular weight is 341 g/mol. The molecule has 1 N–H and O–H groups in total. The van der Waals surface area contributed by atoms with E-state index >= 15 is 0 Å². The van der Waals surface area contributed by atoms with E-state index in [1.807, 2.05) is 43.5 Å². The molecule has 0 fully saturated rings. The van der Waals surface area contributed by atoms with Gasteiger partial charge in [-0.2, -0.15) is 0 Å². The van der Waals surface area contributed by atoms with Crippen molar-refractivity contribution in [3.63, 3.8) is 0 Å². The maximum atomic E-state index is 12.2. The van der Waals surface area contributed by atoms with Gasteiger partial charge in [-0.15, -0.1) is 11.3 Å². The zero-order valence-electron chi connectivity index (χ0n) is 13.9. The fourth-order valence-electron chi connectivity index (χ4n) is 2.57. The van der Waals surface area contributed by atoms with Crippen molar-refractivity contribution in [3.05, 3.63) is 58.0 Å². The van der Waals surface area contributed by atoms with Crippen molar-refractivity contribution in [3.8, 4) is 5.75 Å². The van der Waals surface area contributed by atoms with Crippen LogP contribution in [0.15, 0.2) is 46.4 Å². The topological polar surface area (TPSA) is 51.5 Å². The maximum Gasteiger partial charge on any atom is 0.244 e. The van der Waals surface area contributed by atoms with Crippen LogP contribution in [0.3, 0.4) is 0 Å². The van der Waals surface area contributed by atoms with Crippen LogP contribution in [0.2, 0.25) is 0 Å². The summed E-state index contributed by atoms with van der Waals surface area (Å²) in [5.74, 6) is 0.573. The molecule has 3 rings (SSSR count). The average Bonchev–Trinajstić information content (AvgIpc) is 3.22. The minimum atomic E-state index is -0.119. The number of allylic oxidation sites excluding steroid dienone is 1. The number of amides is 1. The van der Waals surface area contributed by atoms with Gasteiger partial charge in [0.2, 0.25) is 5.91 Å². The summed E-state index contributed by atoms with van der Waals surface area (Å²) in [6.07, 6.45) is 3.33. The van der Waals surface area contributed by atoms with Crippen LogP contribution in [-0.4, -0.2) is 13.0 Å². The molecule has 0 aliphatic carbocycles. The highest BCUT2D eigenvalue weighted by molar-refractivity contribution is 7.09. The van der Waals surface area contributed by atoms with E-state index in [4.69, 9.17) is 9.15 Å². The van der Waals surface area contributed by atoms with Crippen molar-refractivity contribution < 1.29 is 13.9 Å². The van der Waals surface area contributed by atoms with Crippen LogP contribution in [0, 0.1) is 6.92 Å². The van der Waals surface area contributed by atoms with Gasteiger partial charge in [0.25, 0.3) is 0 Å². The number of thiophene rings is 1. The Balaban J connectivity index is 1.84. The van der Waals surface area contributed by atoms with E-state index in [2.05, 4.69) is 5.32 Å². The molecule has 24 heavy (non-hydrogen) atoms. The molecule has 0 aliphatic rings. The van der Waals surface area contributed by atoms with Gasteiger partial charge in [0, 0.05) is 28.0 Å². The molecule has 0 bridgehead atoms. The first-order valence-electron chi connectivity index (χ1n) is 7.63. The Morgan fingerprint density at radius 2 is 2.25 bits per heavy atom. The Kier molecular flexibility index (Phi) is 4.71. The summed E-state index contributed by atoms with van der Waals surface area (Å²) < 4.78 is 11.0. The lowest BCUT2D eigenvalue weighted by atomic mass is 10.0. The van der Waals surface area contributed by atoms with Gasteiger partial charge in [0.1, 0.15) is 11.3 Å². The quantitative estimate of drug-likeness (QED) is 0.694. The van der Waals surface area contributed by atoms with Crippen molar-refractivity contribution in [1.82, 2.24) is 5.32 Å². The molecule has 1 amide bonds. The number of aryl methyl sites for hydroxylation is 1. The van der Waals surface area contributed by atoms with Gasteiger partial charge in [-0.25, -0.2) is 0 Å². The summed E-state index contributed by atoms with van der Waals surface area (Å²) in [4.78, 5) is 13.3. The molecule has 3 aromatic rings. The third-order valence-electron chi connectivity index (χ3n) is 3.88. The number of hydrogen-bond donors (Lipinski definition) is 1. The molecular formula is C19H19NO3S. The highest BCUT2D eigenvalue weighted by Gasteiger charge is 2.12. The Hall–Kier alpha value is -2.53. The number of carbonyl (C=O) groups is 1. The number of nitrogens with one attached hydrogen (secondary N) is 1. The van der Waals surface area contributed by atoms with Crippen LogP contribution < -0.4 is 10.1 Å². The van der Waals surface area contributed by atoms with Crippen LogP contribution in [0.4, 0.5) is 0 Å². The van der Waals surface area contributed by atoms with Gasteiger partial charge < -0.3 is 14.5 Å². The zero-order valence-corrected chi connectivity index (χ0v) is 14.7. The standard InChI is InChI=1S/C19H19NO3S/c1-12(7-19(21)20-10-14-5-4-6-24-14)15-8-16-13(2)11-23-18(16)9-17(15)22-3/h4-9,11H,10H2,1-3H3,(H,20,21)/b12-7+. The number of hydrogen-bond acceptors (Lipinski definition) is 4. The summed E-state index contributed by atoms with van der Waals surface area (Å²) in [5.41, 5.74) is 3.57. The van der Waals surface area contributed by atoms with Crippen LogP contribution in [-0.2, 0) is 11.3 Å². The summed E-state index contributed by atoms with van der Waals surface area (Å²) in [6, 6.07) is 7.84. The van der Waals surface area contributed by atoms with Gasteiger partial charge in [-0.05, 0) is 42.5 Å². The molecule has 5 heteroatoms. The van der Waals surface area contributed by atoms with Crippen molar-refractivity contribution in [2.24, 2.45) is 0 Å². The Labute approximate surface area is 144 Å². The molecule has 124 valence electrons. The summed E-state index contributed by atoms with van der Waals surface area (Å²) in [5, 5.41) is 5.92. The second kappa shape index (κ2) is 6.93. The van der Waals surface area contributed by atoms with Crippen LogP contribution in [0.1, 0.15) is 22.9 Å². The number of ether oxygens (including phenoxy) is 1. The van der Waals surface area contributed by atoms with E-state index in [0.717, 1.165) is 32.5 Å². The van der Waals surface area contributed by atoms with Gasteiger partial charge in [-0.3, -0.25) is 4.79 Å². The summed E-state index contributed by atoms with van der Waals surface area (Å²) in [6.45, 7) is 4.44. The SMILES string of the molecule is COc1cc2occ(C)c2cc1/C(C)=C/C(=O)NCc1cccs1. The number of methoxy groups -OCH3 is 1. The van der Waals surface area contributed by atoms with E-state index in [1.54, 1.807) is 30.8 Å². The molecule has 0 aliphatic heterocycles. The van der Waals surface area contributed by atoms with E-state index in [1.165, 1.54) is 0 Å². The number of rotatable bonds is 5. The smallest absolute Gasteiger partial charge is 0.244 e.